The molecule has 0 radical (unpaired) electrons. The van der Waals surface area contributed by atoms with Crippen LogP contribution in [0.1, 0.15) is 36.0 Å². The molecule has 0 aliphatic heterocycles. The number of benzene rings is 1. The number of hydrogen-bond donors (Lipinski definition) is 2. The first-order valence-electron chi connectivity index (χ1n) is 9.17. The van der Waals surface area contributed by atoms with Crippen molar-refractivity contribution in [3.05, 3.63) is 47.9 Å². The maximum atomic E-state index is 13.2. The number of pyridine rings is 1. The van der Waals surface area contributed by atoms with Crippen LogP contribution in [0, 0.1) is 5.82 Å². The summed E-state index contributed by atoms with van der Waals surface area (Å²) in [6, 6.07) is 5.96. The van der Waals surface area contributed by atoms with Gasteiger partial charge in [-0.2, -0.15) is 13.2 Å². The minimum absolute atomic E-state index is 0.0986. The summed E-state index contributed by atoms with van der Waals surface area (Å²) >= 11 is 0. The van der Waals surface area contributed by atoms with Crippen molar-refractivity contribution in [1.82, 2.24) is 10.3 Å². The number of nitrogens with zero attached hydrogens (tertiary/aromatic N) is 1. The first-order chi connectivity index (χ1) is 13.7. The van der Waals surface area contributed by atoms with Crippen LogP contribution in [0.15, 0.2) is 36.5 Å². The molecule has 0 saturated heterocycles. The summed E-state index contributed by atoms with van der Waals surface area (Å²) < 4.78 is 55.6. The lowest BCUT2D eigenvalue weighted by atomic mass is 9.92. The lowest BCUT2D eigenvalue weighted by Gasteiger charge is -2.28. The number of amides is 1. The summed E-state index contributed by atoms with van der Waals surface area (Å²) in [4.78, 5) is 16.5. The summed E-state index contributed by atoms with van der Waals surface area (Å²) in [5.74, 6) is -1.34. The zero-order valence-corrected chi connectivity index (χ0v) is 15.4. The number of hydrogen-bond acceptors (Lipinski definition) is 4. The molecule has 9 heteroatoms. The van der Waals surface area contributed by atoms with E-state index >= 15 is 0 Å². The Morgan fingerprint density at radius 3 is 2.55 bits per heavy atom. The van der Waals surface area contributed by atoms with E-state index in [1.54, 1.807) is 0 Å². The molecule has 0 bridgehead atoms. The SMILES string of the molecule is O=C(NC1CCCC[C@H]1O)c1cnc(OCC(F)(F)F)c(-c2ccc(F)cc2)c1. The van der Waals surface area contributed by atoms with Gasteiger partial charge in [-0.1, -0.05) is 25.0 Å². The molecular formula is C20H20F4N2O3. The quantitative estimate of drug-likeness (QED) is 0.732. The van der Waals surface area contributed by atoms with E-state index in [9.17, 15) is 27.5 Å². The van der Waals surface area contributed by atoms with Crippen LogP contribution in [0.3, 0.4) is 0 Å². The van der Waals surface area contributed by atoms with E-state index in [4.69, 9.17) is 4.74 Å². The van der Waals surface area contributed by atoms with Crippen LogP contribution < -0.4 is 10.1 Å². The standard InChI is InChI=1S/C20H20F4N2O3/c21-14-7-5-12(6-8-14)15-9-13(10-25-19(15)29-11-20(22,23)24)18(28)26-16-3-1-2-4-17(16)27/h5-10,16-17,27H,1-4,11H2,(H,26,28)/t16?,17-/m1/s1. The van der Waals surface area contributed by atoms with Gasteiger partial charge in [0.15, 0.2) is 6.61 Å². The van der Waals surface area contributed by atoms with E-state index in [0.29, 0.717) is 18.4 Å². The van der Waals surface area contributed by atoms with Crippen molar-refractivity contribution in [2.24, 2.45) is 0 Å². The number of rotatable bonds is 5. The predicted molar refractivity (Wildman–Crippen MR) is 96.9 cm³/mol. The van der Waals surface area contributed by atoms with E-state index in [2.05, 4.69) is 10.3 Å². The third kappa shape index (κ3) is 5.66. The highest BCUT2D eigenvalue weighted by molar-refractivity contribution is 5.95. The Morgan fingerprint density at radius 2 is 1.90 bits per heavy atom. The van der Waals surface area contributed by atoms with Crippen LogP contribution in [-0.4, -0.2) is 40.9 Å². The number of carbonyl (C=O) groups is 1. The first kappa shape index (κ1) is 21.0. The van der Waals surface area contributed by atoms with Crippen LogP contribution in [-0.2, 0) is 0 Å². The predicted octanol–water partition coefficient (Wildman–Crippen LogP) is 3.86. The molecule has 1 heterocycles. The fraction of sp³-hybridized carbons (Fsp3) is 0.400. The van der Waals surface area contributed by atoms with Crippen molar-refractivity contribution in [2.75, 3.05) is 6.61 Å². The zero-order chi connectivity index (χ0) is 21.0. The lowest BCUT2D eigenvalue weighted by Crippen LogP contribution is -2.45. The first-order valence-corrected chi connectivity index (χ1v) is 9.17. The second-order valence-electron chi connectivity index (χ2n) is 6.92. The molecule has 5 nitrogen and oxygen atoms in total. The Kier molecular flexibility index (Phi) is 6.36. The molecule has 3 rings (SSSR count). The van der Waals surface area contributed by atoms with Gasteiger partial charge in [0.25, 0.3) is 5.91 Å². The molecule has 1 fully saturated rings. The Bertz CT molecular complexity index is 856. The highest BCUT2D eigenvalue weighted by Gasteiger charge is 2.30. The van der Waals surface area contributed by atoms with Crippen molar-refractivity contribution < 1.29 is 32.2 Å². The molecule has 1 aliphatic carbocycles. The van der Waals surface area contributed by atoms with Crippen LogP contribution in [0.25, 0.3) is 11.1 Å². The summed E-state index contributed by atoms with van der Waals surface area (Å²) in [7, 11) is 0. The van der Waals surface area contributed by atoms with Gasteiger partial charge in [0, 0.05) is 11.8 Å². The van der Waals surface area contributed by atoms with Gasteiger partial charge in [0.05, 0.1) is 17.7 Å². The highest BCUT2D eigenvalue weighted by atomic mass is 19.4. The number of nitrogens with one attached hydrogen (secondary N) is 1. The molecule has 1 aliphatic rings. The van der Waals surface area contributed by atoms with E-state index in [0.717, 1.165) is 31.2 Å². The normalized spacial score (nSPS) is 19.6. The van der Waals surface area contributed by atoms with Crippen molar-refractivity contribution in [3.8, 4) is 17.0 Å². The molecular weight excluding hydrogens is 392 g/mol. The molecule has 2 atom stereocenters. The van der Waals surface area contributed by atoms with Crippen LogP contribution in [0.4, 0.5) is 17.6 Å². The van der Waals surface area contributed by atoms with E-state index in [1.165, 1.54) is 18.2 Å². The van der Waals surface area contributed by atoms with Crippen LogP contribution in [0.5, 0.6) is 5.88 Å². The fourth-order valence-corrected chi connectivity index (χ4v) is 3.21. The number of aliphatic hydroxyl groups is 1. The molecule has 1 aromatic carbocycles. The van der Waals surface area contributed by atoms with E-state index < -0.39 is 36.7 Å². The lowest BCUT2D eigenvalue weighted by molar-refractivity contribution is -0.154. The van der Waals surface area contributed by atoms with Gasteiger partial charge in [-0.3, -0.25) is 4.79 Å². The third-order valence-electron chi connectivity index (χ3n) is 4.69. The molecule has 2 aromatic rings. The summed E-state index contributed by atoms with van der Waals surface area (Å²) in [5.41, 5.74) is 0.580. The van der Waals surface area contributed by atoms with Crippen molar-refractivity contribution in [3.63, 3.8) is 0 Å². The molecule has 2 N–H and O–H groups in total. The monoisotopic (exact) mass is 412 g/mol. The van der Waals surface area contributed by atoms with Crippen molar-refractivity contribution >= 4 is 5.91 Å². The smallest absolute Gasteiger partial charge is 0.422 e. The number of ether oxygens (including phenoxy) is 1. The van der Waals surface area contributed by atoms with E-state index in [-0.39, 0.29) is 17.0 Å². The fourth-order valence-electron chi connectivity index (χ4n) is 3.21. The maximum absolute atomic E-state index is 13.2. The summed E-state index contributed by atoms with van der Waals surface area (Å²) in [6.07, 6.45) is -1.10. The minimum Gasteiger partial charge on any atom is -0.468 e. The summed E-state index contributed by atoms with van der Waals surface area (Å²) in [5, 5.41) is 12.8. The zero-order valence-electron chi connectivity index (χ0n) is 15.4. The molecule has 1 unspecified atom stereocenters. The number of carbonyl (C=O) groups excluding carboxylic acids is 1. The number of aliphatic hydroxyl groups excluding tert-OH is 1. The Hall–Kier alpha value is -2.68. The number of aromatic nitrogens is 1. The second kappa shape index (κ2) is 8.77. The Labute approximate surface area is 164 Å². The van der Waals surface area contributed by atoms with Gasteiger partial charge < -0.3 is 15.2 Å². The average molecular weight is 412 g/mol. The van der Waals surface area contributed by atoms with Gasteiger partial charge in [0.2, 0.25) is 5.88 Å². The molecule has 1 saturated carbocycles. The number of alkyl halides is 3. The summed E-state index contributed by atoms with van der Waals surface area (Å²) in [6.45, 7) is -1.55. The van der Waals surface area contributed by atoms with E-state index in [1.807, 2.05) is 0 Å². The van der Waals surface area contributed by atoms with Crippen molar-refractivity contribution in [2.45, 2.75) is 44.0 Å². The minimum atomic E-state index is -4.56. The molecule has 1 amide bonds. The van der Waals surface area contributed by atoms with Gasteiger partial charge in [-0.15, -0.1) is 0 Å². The van der Waals surface area contributed by atoms with Crippen molar-refractivity contribution in [1.29, 1.82) is 0 Å². The van der Waals surface area contributed by atoms with Crippen LogP contribution in [0.2, 0.25) is 0 Å². The Balaban J connectivity index is 1.87. The molecule has 156 valence electrons. The third-order valence-corrected chi connectivity index (χ3v) is 4.69. The van der Waals surface area contributed by atoms with Gasteiger partial charge in [-0.25, -0.2) is 9.37 Å². The largest absolute Gasteiger partial charge is 0.468 e. The molecule has 1 aromatic heterocycles. The highest BCUT2D eigenvalue weighted by Crippen LogP contribution is 2.31. The second-order valence-corrected chi connectivity index (χ2v) is 6.92. The number of halogens is 4. The van der Waals surface area contributed by atoms with Gasteiger partial charge in [0.1, 0.15) is 5.82 Å². The van der Waals surface area contributed by atoms with Crippen LogP contribution >= 0.6 is 0 Å². The Morgan fingerprint density at radius 1 is 1.21 bits per heavy atom. The van der Waals surface area contributed by atoms with Gasteiger partial charge >= 0.3 is 6.18 Å². The molecule has 29 heavy (non-hydrogen) atoms. The molecule has 0 spiro atoms. The maximum Gasteiger partial charge on any atom is 0.422 e. The average Bonchev–Trinajstić information content (AvgIpc) is 2.68. The van der Waals surface area contributed by atoms with Gasteiger partial charge in [-0.05, 0) is 36.6 Å². The topological polar surface area (TPSA) is 71.5 Å².